The van der Waals surface area contributed by atoms with E-state index in [2.05, 4.69) is 26.1 Å². The van der Waals surface area contributed by atoms with Crippen LogP contribution >= 0.6 is 0 Å². The van der Waals surface area contributed by atoms with Crippen molar-refractivity contribution in [3.8, 4) is 0 Å². The molecule has 1 N–H and O–H groups in total. The number of aldehydes is 1. The number of rotatable bonds is 2. The third kappa shape index (κ3) is 2.31. The maximum atomic E-state index is 10.4. The Balaban J connectivity index is 2.60. The molecule has 1 heterocycles. The first-order chi connectivity index (χ1) is 5.47. The van der Waals surface area contributed by atoms with Gasteiger partial charge in [-0.1, -0.05) is 0 Å². The van der Waals surface area contributed by atoms with Gasteiger partial charge in [0.05, 0.1) is 0 Å². The summed E-state index contributed by atoms with van der Waals surface area (Å²) in [5.41, 5.74) is 0.250. The van der Waals surface area contributed by atoms with E-state index in [4.69, 9.17) is 0 Å². The molecule has 0 aromatic rings. The van der Waals surface area contributed by atoms with E-state index in [9.17, 15) is 4.79 Å². The van der Waals surface area contributed by atoms with Gasteiger partial charge in [0, 0.05) is 17.5 Å². The minimum atomic E-state index is 0.0451. The second-order valence-corrected chi connectivity index (χ2v) is 4.79. The summed E-state index contributed by atoms with van der Waals surface area (Å²) < 4.78 is 0. The Kier molecular flexibility index (Phi) is 2.57. The summed E-state index contributed by atoms with van der Waals surface area (Å²) in [7, 11) is 0. The van der Waals surface area contributed by atoms with Crippen LogP contribution in [0.1, 0.15) is 46.5 Å². The third-order valence-electron chi connectivity index (χ3n) is 2.70. The fourth-order valence-electron chi connectivity index (χ4n) is 2.20. The lowest BCUT2D eigenvalue weighted by atomic mass is 9.80. The van der Waals surface area contributed by atoms with Crippen LogP contribution in [0.5, 0.6) is 0 Å². The van der Waals surface area contributed by atoms with Crippen LogP contribution in [0.25, 0.3) is 0 Å². The van der Waals surface area contributed by atoms with E-state index in [0.29, 0.717) is 6.42 Å². The van der Waals surface area contributed by atoms with Crippen molar-refractivity contribution in [2.75, 3.05) is 0 Å². The van der Waals surface area contributed by atoms with E-state index in [1.807, 2.05) is 0 Å². The Morgan fingerprint density at radius 3 is 2.50 bits per heavy atom. The Hall–Kier alpha value is -0.370. The van der Waals surface area contributed by atoms with Gasteiger partial charge in [0.2, 0.25) is 0 Å². The summed E-state index contributed by atoms with van der Waals surface area (Å²) in [5.74, 6) is 0. The molecular formula is C10H19NO. The predicted octanol–water partition coefficient (Wildman–Crippen LogP) is 1.89. The van der Waals surface area contributed by atoms with Crippen molar-refractivity contribution >= 4 is 6.29 Å². The lowest BCUT2D eigenvalue weighted by Gasteiger charge is -2.43. The Bertz CT molecular complexity index is 177. The largest absolute Gasteiger partial charge is 0.306 e. The average Bonchev–Trinajstić information content (AvgIpc) is 1.83. The Morgan fingerprint density at radius 2 is 2.00 bits per heavy atom. The second-order valence-electron chi connectivity index (χ2n) is 4.79. The van der Waals surface area contributed by atoms with Crippen LogP contribution < -0.4 is 5.32 Å². The maximum absolute atomic E-state index is 10.4. The molecule has 0 aromatic carbocycles. The Morgan fingerprint density at radius 1 is 1.33 bits per heavy atom. The molecular weight excluding hydrogens is 150 g/mol. The standard InChI is InChI=1S/C10H19NO/c1-9(2)5-4-6-10(3,11-9)7-8-12/h8,11H,4-7H2,1-3H3. The summed E-state index contributed by atoms with van der Waals surface area (Å²) in [4.78, 5) is 10.4. The van der Waals surface area contributed by atoms with Gasteiger partial charge in [-0.3, -0.25) is 0 Å². The van der Waals surface area contributed by atoms with E-state index in [0.717, 1.165) is 12.7 Å². The zero-order valence-corrected chi connectivity index (χ0v) is 8.31. The van der Waals surface area contributed by atoms with Gasteiger partial charge in [-0.15, -0.1) is 0 Å². The zero-order valence-electron chi connectivity index (χ0n) is 8.31. The quantitative estimate of drug-likeness (QED) is 0.639. The fourth-order valence-corrected chi connectivity index (χ4v) is 2.20. The molecule has 0 amide bonds. The molecule has 1 fully saturated rings. The number of hydrogen-bond donors (Lipinski definition) is 1. The van der Waals surface area contributed by atoms with Gasteiger partial charge < -0.3 is 10.1 Å². The molecule has 0 radical (unpaired) electrons. The summed E-state index contributed by atoms with van der Waals surface area (Å²) >= 11 is 0. The van der Waals surface area contributed by atoms with Gasteiger partial charge in [-0.25, -0.2) is 0 Å². The number of carbonyl (C=O) groups excluding carboxylic acids is 1. The van der Waals surface area contributed by atoms with Gasteiger partial charge in [0.1, 0.15) is 6.29 Å². The first kappa shape index (κ1) is 9.72. The van der Waals surface area contributed by atoms with Gasteiger partial charge in [-0.2, -0.15) is 0 Å². The molecule has 0 spiro atoms. The summed E-state index contributed by atoms with van der Waals surface area (Å²) in [5, 5.41) is 3.54. The fraction of sp³-hybridized carbons (Fsp3) is 0.900. The Labute approximate surface area is 74.7 Å². The molecule has 1 aliphatic rings. The van der Waals surface area contributed by atoms with Crippen LogP contribution in [-0.2, 0) is 4.79 Å². The minimum absolute atomic E-state index is 0.0451. The normalized spacial score (nSPS) is 34.6. The second kappa shape index (κ2) is 3.17. The van der Waals surface area contributed by atoms with Gasteiger partial charge in [0.25, 0.3) is 0 Å². The van der Waals surface area contributed by atoms with Crippen LogP contribution in [0.4, 0.5) is 0 Å². The monoisotopic (exact) mass is 169 g/mol. The van der Waals surface area contributed by atoms with Crippen LogP contribution in [0.3, 0.4) is 0 Å². The molecule has 0 saturated carbocycles. The van der Waals surface area contributed by atoms with Crippen LogP contribution in [0.15, 0.2) is 0 Å². The van der Waals surface area contributed by atoms with Crippen molar-refractivity contribution in [2.24, 2.45) is 0 Å². The molecule has 1 saturated heterocycles. The molecule has 1 aliphatic heterocycles. The lowest BCUT2D eigenvalue weighted by molar-refractivity contribution is -0.109. The average molecular weight is 169 g/mol. The van der Waals surface area contributed by atoms with E-state index in [1.54, 1.807) is 0 Å². The third-order valence-corrected chi connectivity index (χ3v) is 2.70. The van der Waals surface area contributed by atoms with Crippen LogP contribution in [0.2, 0.25) is 0 Å². The molecule has 0 aromatic heterocycles. The highest BCUT2D eigenvalue weighted by Crippen LogP contribution is 2.29. The maximum Gasteiger partial charge on any atom is 0.121 e. The highest BCUT2D eigenvalue weighted by Gasteiger charge is 2.34. The lowest BCUT2D eigenvalue weighted by Crippen LogP contribution is -2.57. The first-order valence-electron chi connectivity index (χ1n) is 4.70. The van der Waals surface area contributed by atoms with Gasteiger partial charge in [-0.05, 0) is 40.0 Å². The van der Waals surface area contributed by atoms with Crippen molar-refractivity contribution in [3.05, 3.63) is 0 Å². The van der Waals surface area contributed by atoms with Gasteiger partial charge in [0.15, 0.2) is 0 Å². The molecule has 70 valence electrons. The van der Waals surface area contributed by atoms with Crippen molar-refractivity contribution < 1.29 is 4.79 Å². The molecule has 2 nitrogen and oxygen atoms in total. The molecule has 2 heteroatoms. The summed E-state index contributed by atoms with van der Waals surface area (Å²) in [6, 6.07) is 0. The topological polar surface area (TPSA) is 29.1 Å². The number of nitrogens with one attached hydrogen (secondary N) is 1. The summed E-state index contributed by atoms with van der Waals surface area (Å²) in [6.45, 7) is 6.55. The van der Waals surface area contributed by atoms with E-state index < -0.39 is 0 Å². The smallest absolute Gasteiger partial charge is 0.121 e. The van der Waals surface area contributed by atoms with Gasteiger partial charge >= 0.3 is 0 Å². The van der Waals surface area contributed by atoms with E-state index in [-0.39, 0.29) is 11.1 Å². The number of carbonyl (C=O) groups is 1. The first-order valence-corrected chi connectivity index (χ1v) is 4.70. The van der Waals surface area contributed by atoms with Crippen LogP contribution in [-0.4, -0.2) is 17.4 Å². The predicted molar refractivity (Wildman–Crippen MR) is 50.2 cm³/mol. The number of hydrogen-bond acceptors (Lipinski definition) is 2. The van der Waals surface area contributed by atoms with E-state index in [1.165, 1.54) is 12.8 Å². The molecule has 0 aliphatic carbocycles. The minimum Gasteiger partial charge on any atom is -0.306 e. The van der Waals surface area contributed by atoms with Crippen molar-refractivity contribution in [3.63, 3.8) is 0 Å². The van der Waals surface area contributed by atoms with E-state index >= 15 is 0 Å². The van der Waals surface area contributed by atoms with Crippen molar-refractivity contribution in [1.82, 2.24) is 5.32 Å². The van der Waals surface area contributed by atoms with Crippen molar-refractivity contribution in [1.29, 1.82) is 0 Å². The molecule has 1 rings (SSSR count). The molecule has 0 bridgehead atoms. The SMILES string of the molecule is CC1(C)CCCC(C)(CC=O)N1. The summed E-state index contributed by atoms with van der Waals surface area (Å²) in [6.07, 6.45) is 5.21. The zero-order chi connectivity index (χ0) is 9.24. The highest BCUT2D eigenvalue weighted by molar-refractivity contribution is 5.51. The molecule has 12 heavy (non-hydrogen) atoms. The van der Waals surface area contributed by atoms with Crippen molar-refractivity contribution in [2.45, 2.75) is 57.5 Å². The molecule has 1 unspecified atom stereocenters. The van der Waals surface area contributed by atoms with Crippen LogP contribution in [0, 0.1) is 0 Å². The molecule has 1 atom stereocenters. The number of piperidine rings is 1. The highest BCUT2D eigenvalue weighted by atomic mass is 16.1.